The molecule has 2 fully saturated rings. The van der Waals surface area contributed by atoms with Crippen molar-refractivity contribution in [2.24, 2.45) is 7.05 Å². The Balaban J connectivity index is 1.58. The Kier molecular flexibility index (Phi) is 4.97. The third kappa shape index (κ3) is 3.41. The van der Waals surface area contributed by atoms with Crippen molar-refractivity contribution in [1.29, 1.82) is 0 Å². The molecule has 2 aliphatic heterocycles. The van der Waals surface area contributed by atoms with Crippen LogP contribution in [0.3, 0.4) is 0 Å². The Morgan fingerprint density at radius 3 is 2.76 bits per heavy atom. The highest BCUT2D eigenvalue weighted by Gasteiger charge is 2.33. The fraction of sp³-hybridized carbons (Fsp3) is 0.600. The van der Waals surface area contributed by atoms with Crippen molar-refractivity contribution in [2.75, 3.05) is 37.7 Å². The summed E-state index contributed by atoms with van der Waals surface area (Å²) in [7, 11) is 2.02. The minimum absolute atomic E-state index is 0.205. The standard InChI is InChI=1S/C20H27N7OS/c1-13-14(2)29-20-17(13)19(22-16(23-20)11-26-7-9-28-10-8-26)27-6-4-5-15(27)18-24-21-12-25(18)3/h12,15H,4-11H2,1-3H3/t15-/m0/s1. The van der Waals surface area contributed by atoms with Crippen LogP contribution in [0.25, 0.3) is 10.2 Å². The minimum Gasteiger partial charge on any atom is -0.379 e. The molecule has 0 bridgehead atoms. The molecule has 0 spiro atoms. The maximum atomic E-state index is 5.49. The van der Waals surface area contributed by atoms with Gasteiger partial charge in [0, 0.05) is 31.6 Å². The highest BCUT2D eigenvalue weighted by atomic mass is 32.1. The van der Waals surface area contributed by atoms with Crippen molar-refractivity contribution in [2.45, 2.75) is 39.3 Å². The average molecular weight is 414 g/mol. The quantitative estimate of drug-likeness (QED) is 0.651. The Morgan fingerprint density at radius 1 is 1.17 bits per heavy atom. The van der Waals surface area contributed by atoms with Crippen molar-refractivity contribution < 1.29 is 4.74 Å². The number of thiophene rings is 1. The second-order valence-electron chi connectivity index (χ2n) is 7.97. The summed E-state index contributed by atoms with van der Waals surface area (Å²) in [5, 5.41) is 9.72. The number of aromatic nitrogens is 5. The summed E-state index contributed by atoms with van der Waals surface area (Å²) < 4.78 is 7.52. The van der Waals surface area contributed by atoms with Gasteiger partial charge in [-0.1, -0.05) is 0 Å². The number of hydrogen-bond donors (Lipinski definition) is 0. The monoisotopic (exact) mass is 413 g/mol. The Labute approximate surface area is 174 Å². The summed E-state index contributed by atoms with van der Waals surface area (Å²) in [4.78, 5) is 17.3. The number of fused-ring (bicyclic) bond motifs is 1. The van der Waals surface area contributed by atoms with E-state index in [1.807, 2.05) is 11.6 Å². The van der Waals surface area contributed by atoms with Crippen LogP contribution in [0.2, 0.25) is 0 Å². The zero-order chi connectivity index (χ0) is 20.0. The fourth-order valence-electron chi connectivity index (χ4n) is 4.39. The first kappa shape index (κ1) is 18.9. The van der Waals surface area contributed by atoms with Crippen molar-refractivity contribution in [3.8, 4) is 0 Å². The van der Waals surface area contributed by atoms with Gasteiger partial charge in [0.25, 0.3) is 0 Å². The largest absolute Gasteiger partial charge is 0.379 e. The molecular formula is C20H27N7OS. The minimum atomic E-state index is 0.205. The number of anilines is 1. The lowest BCUT2D eigenvalue weighted by atomic mass is 10.1. The van der Waals surface area contributed by atoms with Gasteiger partial charge in [0.1, 0.15) is 22.8 Å². The SMILES string of the molecule is Cc1sc2nc(CN3CCOCC3)nc(N3CCC[C@H]3c3nncn3C)c2c1C. The molecule has 3 aromatic rings. The van der Waals surface area contributed by atoms with Gasteiger partial charge in [-0.15, -0.1) is 21.5 Å². The number of aryl methyl sites for hydroxylation is 3. The van der Waals surface area contributed by atoms with Crippen molar-refractivity contribution in [3.63, 3.8) is 0 Å². The second kappa shape index (κ2) is 7.62. The van der Waals surface area contributed by atoms with Gasteiger partial charge in [0.15, 0.2) is 5.82 Å². The average Bonchev–Trinajstić information content (AvgIpc) is 3.42. The lowest BCUT2D eigenvalue weighted by Crippen LogP contribution is -2.36. The Morgan fingerprint density at radius 2 is 2.00 bits per heavy atom. The van der Waals surface area contributed by atoms with E-state index in [-0.39, 0.29) is 6.04 Å². The van der Waals surface area contributed by atoms with E-state index in [4.69, 9.17) is 14.7 Å². The van der Waals surface area contributed by atoms with Crippen LogP contribution in [0.5, 0.6) is 0 Å². The van der Waals surface area contributed by atoms with Crippen LogP contribution in [-0.4, -0.2) is 62.5 Å². The van der Waals surface area contributed by atoms with Crippen LogP contribution < -0.4 is 4.90 Å². The summed E-state index contributed by atoms with van der Waals surface area (Å²) in [5.41, 5.74) is 1.29. The van der Waals surface area contributed by atoms with Crippen LogP contribution in [-0.2, 0) is 18.3 Å². The van der Waals surface area contributed by atoms with Crippen LogP contribution in [0.4, 0.5) is 5.82 Å². The fourth-order valence-corrected chi connectivity index (χ4v) is 5.43. The first-order valence-corrected chi connectivity index (χ1v) is 11.1. The summed E-state index contributed by atoms with van der Waals surface area (Å²) in [6, 6.07) is 0.205. The maximum absolute atomic E-state index is 5.49. The first-order chi connectivity index (χ1) is 14.1. The summed E-state index contributed by atoms with van der Waals surface area (Å²) in [5.74, 6) is 2.97. The molecule has 0 unspecified atom stereocenters. The number of ether oxygens (including phenoxy) is 1. The Bertz CT molecular complexity index is 1020. The summed E-state index contributed by atoms with van der Waals surface area (Å²) >= 11 is 1.78. The van der Waals surface area contributed by atoms with Crippen LogP contribution in [0, 0.1) is 13.8 Å². The van der Waals surface area contributed by atoms with Gasteiger partial charge in [-0.3, -0.25) is 4.90 Å². The van der Waals surface area contributed by atoms with E-state index in [1.165, 1.54) is 15.8 Å². The number of nitrogens with zero attached hydrogens (tertiary/aromatic N) is 7. The molecule has 154 valence electrons. The summed E-state index contributed by atoms with van der Waals surface area (Å²) in [6.45, 7) is 9.56. The molecule has 0 radical (unpaired) electrons. The lowest BCUT2D eigenvalue weighted by Gasteiger charge is -2.28. The van der Waals surface area contributed by atoms with Gasteiger partial charge < -0.3 is 14.2 Å². The molecule has 0 saturated carbocycles. The molecule has 3 aromatic heterocycles. The smallest absolute Gasteiger partial charge is 0.155 e. The lowest BCUT2D eigenvalue weighted by molar-refractivity contribution is 0.0331. The van der Waals surface area contributed by atoms with E-state index < -0.39 is 0 Å². The second-order valence-corrected chi connectivity index (χ2v) is 9.17. The van der Waals surface area contributed by atoms with Crippen LogP contribution in [0.15, 0.2) is 6.33 Å². The zero-order valence-electron chi connectivity index (χ0n) is 17.3. The molecule has 0 amide bonds. The molecule has 9 heteroatoms. The highest BCUT2D eigenvalue weighted by molar-refractivity contribution is 7.18. The van der Waals surface area contributed by atoms with Gasteiger partial charge in [0.05, 0.1) is 31.2 Å². The van der Waals surface area contributed by atoms with E-state index in [0.717, 1.165) is 74.5 Å². The van der Waals surface area contributed by atoms with Crippen molar-refractivity contribution in [1.82, 2.24) is 29.6 Å². The van der Waals surface area contributed by atoms with Gasteiger partial charge in [-0.25, -0.2) is 9.97 Å². The zero-order valence-corrected chi connectivity index (χ0v) is 18.1. The van der Waals surface area contributed by atoms with E-state index in [2.05, 4.69) is 33.8 Å². The van der Waals surface area contributed by atoms with Gasteiger partial charge in [-0.05, 0) is 32.3 Å². The first-order valence-electron chi connectivity index (χ1n) is 10.3. The molecular weight excluding hydrogens is 386 g/mol. The molecule has 0 N–H and O–H groups in total. The van der Waals surface area contributed by atoms with E-state index in [0.29, 0.717) is 0 Å². The number of hydrogen-bond acceptors (Lipinski definition) is 8. The summed E-state index contributed by atoms with van der Waals surface area (Å²) in [6.07, 6.45) is 3.98. The van der Waals surface area contributed by atoms with Gasteiger partial charge in [0.2, 0.25) is 0 Å². The topological polar surface area (TPSA) is 72.2 Å². The van der Waals surface area contributed by atoms with E-state index in [1.54, 1.807) is 17.7 Å². The van der Waals surface area contributed by atoms with Crippen molar-refractivity contribution in [3.05, 3.63) is 28.4 Å². The molecule has 5 rings (SSSR count). The van der Waals surface area contributed by atoms with Crippen LogP contribution in [0.1, 0.15) is 41.0 Å². The van der Waals surface area contributed by atoms with Crippen LogP contribution >= 0.6 is 11.3 Å². The third-order valence-electron chi connectivity index (χ3n) is 6.09. The predicted octanol–water partition coefficient (Wildman–Crippen LogP) is 2.61. The number of rotatable bonds is 4. The third-order valence-corrected chi connectivity index (χ3v) is 7.20. The van der Waals surface area contributed by atoms with Gasteiger partial charge in [-0.2, -0.15) is 0 Å². The number of morpholine rings is 1. The molecule has 0 aromatic carbocycles. The molecule has 1 atom stereocenters. The van der Waals surface area contributed by atoms with E-state index >= 15 is 0 Å². The highest BCUT2D eigenvalue weighted by Crippen LogP contribution is 2.41. The van der Waals surface area contributed by atoms with Crippen molar-refractivity contribution >= 4 is 27.4 Å². The maximum Gasteiger partial charge on any atom is 0.155 e. The molecule has 8 nitrogen and oxygen atoms in total. The predicted molar refractivity (Wildman–Crippen MR) is 113 cm³/mol. The Hall–Kier alpha value is -2.10. The molecule has 2 aliphatic rings. The molecule has 29 heavy (non-hydrogen) atoms. The molecule has 2 saturated heterocycles. The van der Waals surface area contributed by atoms with E-state index in [9.17, 15) is 0 Å². The molecule has 0 aliphatic carbocycles. The van der Waals surface area contributed by atoms with Gasteiger partial charge >= 0.3 is 0 Å². The normalized spacial score (nSPS) is 20.8. The molecule has 5 heterocycles.